The lowest BCUT2D eigenvalue weighted by Crippen LogP contribution is -2.33. The molecule has 2 aromatic carbocycles. The monoisotopic (exact) mass is 446 g/mol. The zero-order chi connectivity index (χ0) is 22.9. The number of Topliss-reactive ketones (excluding diaryl/α,β-unsaturated/α-hetero) is 1. The van der Waals surface area contributed by atoms with Gasteiger partial charge >= 0.3 is 11.9 Å². The van der Waals surface area contributed by atoms with Crippen LogP contribution >= 0.6 is 0 Å². The number of fused-ring (bicyclic) bond motifs is 1. The molecule has 0 radical (unpaired) electrons. The number of hydrogen-bond donors (Lipinski definition) is 0. The number of aryl methyl sites for hydroxylation is 1. The predicted molar refractivity (Wildman–Crippen MR) is 122 cm³/mol. The minimum Gasteiger partial charge on any atom is -0.417 e. The number of rotatable bonds is 6. The van der Waals surface area contributed by atoms with Crippen molar-refractivity contribution in [3.63, 3.8) is 0 Å². The maximum Gasteiger partial charge on any atom is 0.424 e. The van der Waals surface area contributed by atoms with Crippen LogP contribution in [0.3, 0.4) is 0 Å². The Balaban J connectivity index is 1.28. The third-order valence-corrected chi connectivity index (χ3v) is 6.71. The van der Waals surface area contributed by atoms with Gasteiger partial charge in [-0.3, -0.25) is 9.69 Å². The maximum absolute atomic E-state index is 13.3. The van der Waals surface area contributed by atoms with Crippen LogP contribution in [0.4, 0.5) is 0 Å². The van der Waals surface area contributed by atoms with Gasteiger partial charge in [0.25, 0.3) is 0 Å². The van der Waals surface area contributed by atoms with Crippen molar-refractivity contribution in [1.82, 2.24) is 9.47 Å². The average Bonchev–Trinajstić information content (AvgIpc) is 3.11. The summed E-state index contributed by atoms with van der Waals surface area (Å²) in [6.45, 7) is 2.99. The minimum absolute atomic E-state index is 0.0967. The van der Waals surface area contributed by atoms with Gasteiger partial charge in [-0.15, -0.1) is 0 Å². The van der Waals surface area contributed by atoms with Gasteiger partial charge in [-0.1, -0.05) is 36.4 Å². The summed E-state index contributed by atoms with van der Waals surface area (Å²) in [5.74, 6) is -1.50. The Kier molecular flexibility index (Phi) is 5.72. The third kappa shape index (κ3) is 4.16. The summed E-state index contributed by atoms with van der Waals surface area (Å²) in [6, 6.07) is 15.6. The van der Waals surface area contributed by atoms with Crippen LogP contribution < -0.4 is 9.47 Å². The van der Waals surface area contributed by atoms with Crippen LogP contribution in [0.15, 0.2) is 48.5 Å². The van der Waals surface area contributed by atoms with Crippen LogP contribution in [-0.4, -0.2) is 40.3 Å². The van der Waals surface area contributed by atoms with E-state index in [4.69, 9.17) is 9.47 Å². The minimum atomic E-state index is -1.12. The van der Waals surface area contributed by atoms with Crippen molar-refractivity contribution in [1.29, 1.82) is 0 Å². The number of carbonyl (C=O) groups is 3. The Morgan fingerprint density at radius 3 is 2.45 bits per heavy atom. The van der Waals surface area contributed by atoms with Crippen molar-refractivity contribution in [3.8, 4) is 11.6 Å². The molecule has 3 heterocycles. The number of hydrogen-bond acceptors (Lipinski definition) is 6. The molecule has 33 heavy (non-hydrogen) atoms. The van der Waals surface area contributed by atoms with Crippen molar-refractivity contribution in [3.05, 3.63) is 59.7 Å². The van der Waals surface area contributed by atoms with Crippen LogP contribution in [0.2, 0.25) is 0 Å². The fourth-order valence-electron chi connectivity index (χ4n) is 4.90. The summed E-state index contributed by atoms with van der Waals surface area (Å²) in [4.78, 5) is 39.8. The number of piperidine rings is 1. The lowest BCUT2D eigenvalue weighted by Gasteiger charge is -2.32. The standard InChI is InChI=1S/C26H26N2O5/c1-27-19-8-5-9-21-22(19)23(24(27)33-26(31)25(30)32-21)20(29)11-10-17-12-14-28(15-13-17)16-18-6-3-2-4-7-18/h2-9,17H,10-16H2,1H3. The largest absolute Gasteiger partial charge is 0.424 e. The second kappa shape index (κ2) is 8.83. The number of likely N-dealkylation sites (tertiary alicyclic amines) is 1. The van der Waals surface area contributed by atoms with Gasteiger partial charge in [0.1, 0.15) is 5.75 Å². The van der Waals surface area contributed by atoms with E-state index in [9.17, 15) is 14.4 Å². The first-order valence-corrected chi connectivity index (χ1v) is 11.4. The SMILES string of the molecule is Cn1c2c(C(=O)CCC3CCN(Cc4ccccc4)CC3)c3c(cccc31)OC(=O)C(=O)O2. The highest BCUT2D eigenvalue weighted by atomic mass is 16.6. The second-order valence-corrected chi connectivity index (χ2v) is 8.84. The van der Waals surface area contributed by atoms with Gasteiger partial charge in [0.05, 0.1) is 16.5 Å². The first-order chi connectivity index (χ1) is 16.0. The fourth-order valence-corrected chi connectivity index (χ4v) is 4.90. The Morgan fingerprint density at radius 2 is 1.70 bits per heavy atom. The molecule has 2 aliphatic heterocycles. The molecule has 1 aromatic heterocycles. The predicted octanol–water partition coefficient (Wildman–Crippen LogP) is 3.88. The number of esters is 2. The van der Waals surface area contributed by atoms with Crippen LogP contribution in [0.1, 0.15) is 41.6 Å². The number of nitrogens with zero attached hydrogens (tertiary/aromatic N) is 2. The highest BCUT2D eigenvalue weighted by Crippen LogP contribution is 2.40. The van der Waals surface area contributed by atoms with E-state index < -0.39 is 11.9 Å². The lowest BCUT2D eigenvalue weighted by molar-refractivity contribution is -0.156. The van der Waals surface area contributed by atoms with E-state index in [0.717, 1.165) is 38.9 Å². The van der Waals surface area contributed by atoms with E-state index in [1.54, 1.807) is 23.7 Å². The van der Waals surface area contributed by atoms with E-state index in [1.807, 2.05) is 12.1 Å². The molecule has 3 aromatic rings. The zero-order valence-electron chi connectivity index (χ0n) is 18.6. The zero-order valence-corrected chi connectivity index (χ0v) is 18.6. The highest BCUT2D eigenvalue weighted by Gasteiger charge is 2.33. The summed E-state index contributed by atoms with van der Waals surface area (Å²) in [6.07, 6.45) is 3.25. The fraction of sp³-hybridized carbons (Fsp3) is 0.346. The van der Waals surface area contributed by atoms with Crippen molar-refractivity contribution >= 4 is 28.6 Å². The van der Waals surface area contributed by atoms with Crippen LogP contribution in [-0.2, 0) is 23.2 Å². The molecule has 0 saturated carbocycles. The normalized spacial score (nSPS) is 17.0. The average molecular weight is 447 g/mol. The van der Waals surface area contributed by atoms with Gasteiger partial charge in [0.15, 0.2) is 5.78 Å². The van der Waals surface area contributed by atoms with Gasteiger partial charge in [-0.05, 0) is 56.0 Å². The Hall–Kier alpha value is -3.45. The molecule has 7 nitrogen and oxygen atoms in total. The molecule has 170 valence electrons. The quantitative estimate of drug-likeness (QED) is 0.248. The number of ketones is 1. The summed E-state index contributed by atoms with van der Waals surface area (Å²) in [7, 11) is 1.71. The van der Waals surface area contributed by atoms with Crippen molar-refractivity contribution < 1.29 is 23.9 Å². The molecule has 1 fully saturated rings. The van der Waals surface area contributed by atoms with Crippen molar-refractivity contribution in [2.75, 3.05) is 13.1 Å². The van der Waals surface area contributed by atoms with Crippen LogP contribution in [0, 0.1) is 5.92 Å². The van der Waals surface area contributed by atoms with Gasteiger partial charge in [-0.2, -0.15) is 0 Å². The first-order valence-electron chi connectivity index (χ1n) is 11.4. The second-order valence-electron chi connectivity index (χ2n) is 8.84. The molecule has 0 N–H and O–H groups in total. The molecule has 2 bridgehead atoms. The third-order valence-electron chi connectivity index (χ3n) is 6.71. The number of ether oxygens (including phenoxy) is 2. The number of carbonyl (C=O) groups excluding carboxylic acids is 3. The topological polar surface area (TPSA) is 77.8 Å². The summed E-state index contributed by atoms with van der Waals surface area (Å²) in [5.41, 5.74) is 2.33. The van der Waals surface area contributed by atoms with E-state index in [0.29, 0.717) is 28.8 Å². The maximum atomic E-state index is 13.3. The van der Waals surface area contributed by atoms with Gasteiger partial charge < -0.3 is 14.0 Å². The van der Waals surface area contributed by atoms with Gasteiger partial charge in [0, 0.05) is 20.0 Å². The summed E-state index contributed by atoms with van der Waals surface area (Å²) >= 11 is 0. The van der Waals surface area contributed by atoms with E-state index in [1.165, 1.54) is 5.56 Å². The molecule has 0 amide bonds. The smallest absolute Gasteiger partial charge is 0.417 e. The molecule has 7 heteroatoms. The number of benzene rings is 2. The molecule has 0 atom stereocenters. The lowest BCUT2D eigenvalue weighted by atomic mass is 9.90. The Morgan fingerprint density at radius 1 is 0.970 bits per heavy atom. The Labute approximate surface area is 191 Å². The molecular formula is C26H26N2O5. The molecule has 0 spiro atoms. The summed E-state index contributed by atoms with van der Waals surface area (Å²) < 4.78 is 12.1. The first kappa shape index (κ1) is 21.4. The Bertz CT molecular complexity index is 1220. The van der Waals surface area contributed by atoms with Crippen molar-refractivity contribution in [2.45, 2.75) is 32.2 Å². The van der Waals surface area contributed by atoms with E-state index in [-0.39, 0.29) is 17.4 Å². The highest BCUT2D eigenvalue weighted by molar-refractivity contribution is 6.32. The van der Waals surface area contributed by atoms with Crippen molar-refractivity contribution in [2.24, 2.45) is 13.0 Å². The molecule has 5 rings (SSSR count). The molecule has 2 aliphatic rings. The number of aromatic nitrogens is 1. The van der Waals surface area contributed by atoms with Crippen LogP contribution in [0.25, 0.3) is 10.9 Å². The van der Waals surface area contributed by atoms with E-state index in [2.05, 4.69) is 29.2 Å². The molecule has 1 saturated heterocycles. The van der Waals surface area contributed by atoms with Crippen LogP contribution in [0.5, 0.6) is 11.6 Å². The summed E-state index contributed by atoms with van der Waals surface area (Å²) in [5, 5.41) is 0.526. The van der Waals surface area contributed by atoms with Gasteiger partial charge in [-0.25, -0.2) is 9.59 Å². The molecule has 0 unspecified atom stereocenters. The molecule has 0 aliphatic carbocycles. The molecular weight excluding hydrogens is 420 g/mol. The van der Waals surface area contributed by atoms with Gasteiger partial charge in [0.2, 0.25) is 5.88 Å². The van der Waals surface area contributed by atoms with E-state index >= 15 is 0 Å².